The van der Waals surface area contributed by atoms with E-state index in [1.165, 1.54) is 16.3 Å². The summed E-state index contributed by atoms with van der Waals surface area (Å²) in [4.78, 5) is 5.00. The number of pyridine rings is 1. The highest BCUT2D eigenvalue weighted by Crippen LogP contribution is 2.38. The van der Waals surface area contributed by atoms with Gasteiger partial charge in [-0.1, -0.05) is 65.0 Å². The van der Waals surface area contributed by atoms with Crippen molar-refractivity contribution in [2.45, 2.75) is 53.4 Å². The molecule has 0 bridgehead atoms. The van der Waals surface area contributed by atoms with Crippen LogP contribution in [0, 0.1) is 12.8 Å². The first-order valence-electron chi connectivity index (χ1n) is 13.1. The van der Waals surface area contributed by atoms with Crippen molar-refractivity contribution in [1.82, 2.24) is 4.98 Å². The van der Waals surface area contributed by atoms with Crippen molar-refractivity contribution in [1.29, 1.82) is 0 Å². The average Bonchev–Trinajstić information content (AvgIpc) is 3.42. The van der Waals surface area contributed by atoms with Crippen molar-refractivity contribution >= 4 is 32.8 Å². The van der Waals surface area contributed by atoms with Crippen molar-refractivity contribution < 1.29 is 8.83 Å². The normalized spacial score (nSPS) is 12.4. The summed E-state index contributed by atoms with van der Waals surface area (Å²) >= 11 is 0. The summed E-state index contributed by atoms with van der Waals surface area (Å²) in [7, 11) is 0. The number of hydrogen-bond donors (Lipinski definition) is 0. The maximum absolute atomic E-state index is 6.11. The maximum atomic E-state index is 6.11. The van der Waals surface area contributed by atoms with Crippen LogP contribution in [0.5, 0.6) is 0 Å². The quantitative estimate of drug-likeness (QED) is 0.248. The molecule has 3 aromatic heterocycles. The SMILES string of the molecule is Cc1cc2c(-c3ccc4oc(CC(C)C)cc4c3)cc(-c3cc(C(C)(C)C)c4ccccc4c3)nc2o1. The first-order valence-corrected chi connectivity index (χ1v) is 13.1. The van der Waals surface area contributed by atoms with Gasteiger partial charge in [0.2, 0.25) is 5.71 Å². The summed E-state index contributed by atoms with van der Waals surface area (Å²) in [5.41, 5.74) is 7.19. The van der Waals surface area contributed by atoms with Gasteiger partial charge in [0, 0.05) is 22.8 Å². The van der Waals surface area contributed by atoms with Gasteiger partial charge in [-0.05, 0) is 88.2 Å². The van der Waals surface area contributed by atoms with Crippen LogP contribution in [0.3, 0.4) is 0 Å². The summed E-state index contributed by atoms with van der Waals surface area (Å²) in [5.74, 6) is 2.45. The molecule has 37 heavy (non-hydrogen) atoms. The van der Waals surface area contributed by atoms with Gasteiger partial charge in [0.25, 0.3) is 0 Å². The Morgan fingerprint density at radius 3 is 2.35 bits per heavy atom. The molecule has 0 saturated heterocycles. The van der Waals surface area contributed by atoms with Gasteiger partial charge in [0.15, 0.2) is 0 Å². The zero-order valence-corrected chi connectivity index (χ0v) is 22.5. The summed E-state index contributed by atoms with van der Waals surface area (Å²) in [6.07, 6.45) is 0.937. The third kappa shape index (κ3) is 4.33. The molecular formula is C34H33NO2. The highest BCUT2D eigenvalue weighted by molar-refractivity contribution is 5.98. The second-order valence-corrected chi connectivity index (χ2v) is 11.7. The van der Waals surface area contributed by atoms with Crippen molar-refractivity contribution in [3.05, 3.63) is 89.9 Å². The molecular weight excluding hydrogens is 454 g/mol. The second-order valence-electron chi connectivity index (χ2n) is 11.7. The Hall–Kier alpha value is -3.85. The third-order valence-electron chi connectivity index (χ3n) is 7.08. The largest absolute Gasteiger partial charge is 0.461 e. The van der Waals surface area contributed by atoms with Crippen LogP contribution in [0.25, 0.3) is 55.2 Å². The van der Waals surface area contributed by atoms with Crippen LogP contribution in [-0.4, -0.2) is 4.98 Å². The minimum Gasteiger partial charge on any atom is -0.461 e. The van der Waals surface area contributed by atoms with Gasteiger partial charge in [-0.25, -0.2) is 4.98 Å². The molecule has 3 heteroatoms. The van der Waals surface area contributed by atoms with Gasteiger partial charge in [-0.15, -0.1) is 0 Å². The summed E-state index contributed by atoms with van der Waals surface area (Å²) in [5, 5.41) is 4.67. The highest BCUT2D eigenvalue weighted by Gasteiger charge is 2.20. The van der Waals surface area contributed by atoms with Crippen LogP contribution in [0.1, 0.15) is 51.7 Å². The van der Waals surface area contributed by atoms with Crippen molar-refractivity contribution in [3.8, 4) is 22.4 Å². The van der Waals surface area contributed by atoms with E-state index in [9.17, 15) is 0 Å². The number of furan rings is 2. The second kappa shape index (κ2) is 8.62. The van der Waals surface area contributed by atoms with Crippen molar-refractivity contribution in [3.63, 3.8) is 0 Å². The molecule has 0 unspecified atom stereocenters. The summed E-state index contributed by atoms with van der Waals surface area (Å²) in [6, 6.07) is 26.1. The van der Waals surface area contributed by atoms with E-state index in [1.807, 2.05) is 6.92 Å². The Balaban J connectivity index is 1.56. The predicted molar refractivity (Wildman–Crippen MR) is 154 cm³/mol. The molecule has 0 atom stereocenters. The van der Waals surface area contributed by atoms with E-state index in [0.29, 0.717) is 11.6 Å². The number of hydrogen-bond acceptors (Lipinski definition) is 3. The number of nitrogens with zero attached hydrogens (tertiary/aromatic N) is 1. The zero-order valence-electron chi connectivity index (χ0n) is 22.5. The molecule has 3 nitrogen and oxygen atoms in total. The fourth-order valence-corrected chi connectivity index (χ4v) is 5.37. The van der Waals surface area contributed by atoms with Crippen LogP contribution in [0.4, 0.5) is 0 Å². The molecule has 0 fully saturated rings. The van der Waals surface area contributed by atoms with E-state index >= 15 is 0 Å². The summed E-state index contributed by atoms with van der Waals surface area (Å²) in [6.45, 7) is 13.2. The van der Waals surface area contributed by atoms with Crippen LogP contribution in [0.2, 0.25) is 0 Å². The molecule has 0 saturated carbocycles. The molecule has 0 amide bonds. The third-order valence-corrected chi connectivity index (χ3v) is 7.08. The molecule has 0 aliphatic heterocycles. The predicted octanol–water partition coefficient (Wildman–Crippen LogP) is 9.87. The van der Waals surface area contributed by atoms with Gasteiger partial charge in [0.05, 0.1) is 5.69 Å². The van der Waals surface area contributed by atoms with Gasteiger partial charge in [-0.3, -0.25) is 0 Å². The minimum absolute atomic E-state index is 0.00380. The molecule has 6 aromatic rings. The van der Waals surface area contributed by atoms with Crippen LogP contribution in [-0.2, 0) is 11.8 Å². The van der Waals surface area contributed by atoms with Gasteiger partial charge < -0.3 is 8.83 Å². The Morgan fingerprint density at radius 1 is 0.784 bits per heavy atom. The molecule has 186 valence electrons. The van der Waals surface area contributed by atoms with E-state index < -0.39 is 0 Å². The van der Waals surface area contributed by atoms with Gasteiger partial charge >= 0.3 is 0 Å². The average molecular weight is 488 g/mol. The number of rotatable bonds is 4. The fourth-order valence-electron chi connectivity index (χ4n) is 5.37. The van der Waals surface area contributed by atoms with E-state index in [4.69, 9.17) is 13.8 Å². The minimum atomic E-state index is 0.00380. The molecule has 0 N–H and O–H groups in total. The molecule has 6 rings (SSSR count). The number of aryl methyl sites for hydroxylation is 1. The Morgan fingerprint density at radius 2 is 1.57 bits per heavy atom. The van der Waals surface area contributed by atoms with Gasteiger partial charge in [0.1, 0.15) is 17.1 Å². The van der Waals surface area contributed by atoms with E-state index in [1.54, 1.807) is 0 Å². The lowest BCUT2D eigenvalue weighted by Crippen LogP contribution is -2.12. The zero-order chi connectivity index (χ0) is 25.9. The molecule has 0 spiro atoms. The van der Waals surface area contributed by atoms with E-state index in [-0.39, 0.29) is 5.41 Å². The lowest BCUT2D eigenvalue weighted by atomic mass is 9.82. The molecule has 0 aliphatic rings. The Labute approximate surface area is 218 Å². The first-order chi connectivity index (χ1) is 17.7. The lowest BCUT2D eigenvalue weighted by molar-refractivity contribution is 0.500. The van der Waals surface area contributed by atoms with Crippen LogP contribution in [0.15, 0.2) is 81.6 Å². The highest BCUT2D eigenvalue weighted by atomic mass is 16.3. The lowest BCUT2D eigenvalue weighted by Gasteiger charge is -2.22. The smallest absolute Gasteiger partial charge is 0.227 e. The fraction of sp³-hybridized carbons (Fsp3) is 0.265. The van der Waals surface area contributed by atoms with Crippen LogP contribution >= 0.6 is 0 Å². The van der Waals surface area contributed by atoms with E-state index in [2.05, 4.69) is 107 Å². The monoisotopic (exact) mass is 487 g/mol. The number of fused-ring (bicyclic) bond motifs is 3. The van der Waals surface area contributed by atoms with E-state index in [0.717, 1.165) is 56.7 Å². The topological polar surface area (TPSA) is 39.2 Å². The molecule has 0 radical (unpaired) electrons. The molecule has 0 aliphatic carbocycles. The standard InChI is InChI=1S/C34H33NO2/c1-20(2)13-26-17-25-16-23(11-12-32(25)37-26)28-19-31(35-33-29(28)14-21(3)36-33)24-15-22-9-7-8-10-27(22)30(18-24)34(4,5)6/h7-12,14-20H,13H2,1-6H3. The molecule has 3 heterocycles. The van der Waals surface area contributed by atoms with Crippen LogP contribution < -0.4 is 0 Å². The van der Waals surface area contributed by atoms with Crippen molar-refractivity contribution in [2.24, 2.45) is 5.92 Å². The number of benzene rings is 3. The number of aromatic nitrogens is 1. The van der Waals surface area contributed by atoms with Gasteiger partial charge in [-0.2, -0.15) is 0 Å². The summed E-state index contributed by atoms with van der Waals surface area (Å²) < 4.78 is 12.2. The Bertz CT molecular complexity index is 1780. The maximum Gasteiger partial charge on any atom is 0.227 e. The molecule has 3 aromatic carbocycles. The van der Waals surface area contributed by atoms with Crippen molar-refractivity contribution in [2.75, 3.05) is 0 Å². The first kappa shape index (κ1) is 23.5. The Kier molecular flexibility index (Phi) is 5.49.